The van der Waals surface area contributed by atoms with Crippen LogP contribution >= 0.6 is 0 Å². The van der Waals surface area contributed by atoms with E-state index in [0.717, 1.165) is 0 Å². The van der Waals surface area contributed by atoms with E-state index in [0.29, 0.717) is 0 Å². The average Bonchev–Trinajstić information content (AvgIpc) is 3.16. The highest BCUT2D eigenvalue weighted by molar-refractivity contribution is 6.12. The van der Waals surface area contributed by atoms with Crippen LogP contribution in [0.25, 0.3) is 32.3 Å². The second-order valence-electron chi connectivity index (χ2n) is 18.6. The van der Waals surface area contributed by atoms with Crippen molar-refractivity contribution in [3.63, 3.8) is 0 Å². The first-order valence-electron chi connectivity index (χ1n) is 20.4. The molecule has 0 atom stereocenters. The largest absolute Gasteiger partial charge is 0.0590 e. The highest BCUT2D eigenvalue weighted by Gasteiger charge is 2.29. The van der Waals surface area contributed by atoms with E-state index in [9.17, 15) is 0 Å². The minimum Gasteiger partial charge on any atom is -0.0590 e. The normalized spacial score (nSPS) is 12.4. The molecule has 0 aromatic heterocycles. The van der Waals surface area contributed by atoms with Gasteiger partial charge in [0.2, 0.25) is 0 Å². The zero-order valence-electron chi connectivity index (χ0n) is 35.0. The molecule has 0 heterocycles. The monoisotopic (exact) mass is 728 g/mol. The first-order chi connectivity index (χ1) is 26.7. The van der Waals surface area contributed by atoms with Crippen LogP contribution in [0.5, 0.6) is 0 Å². The molecule has 0 nitrogen and oxygen atoms in total. The fourth-order valence-electron chi connectivity index (χ4n) is 8.70. The van der Waals surface area contributed by atoms with E-state index < -0.39 is 0 Å². The molecule has 0 amide bonds. The molecule has 0 N–H and O–H groups in total. The Labute approximate surface area is 335 Å². The Morgan fingerprint density at radius 2 is 0.571 bits per heavy atom. The van der Waals surface area contributed by atoms with Crippen LogP contribution in [0, 0.1) is 27.7 Å². The molecule has 8 aromatic rings. The number of fused-ring (bicyclic) bond motifs is 3. The Hall–Kier alpha value is -5.46. The van der Waals surface area contributed by atoms with Gasteiger partial charge in [0.25, 0.3) is 0 Å². The van der Waals surface area contributed by atoms with Crippen LogP contribution in [0.1, 0.15) is 120 Å². The van der Waals surface area contributed by atoms with Gasteiger partial charge in [0.05, 0.1) is 0 Å². The zero-order chi connectivity index (χ0) is 39.5. The van der Waals surface area contributed by atoms with Crippen LogP contribution in [0.4, 0.5) is 0 Å². The fourth-order valence-corrected chi connectivity index (χ4v) is 8.70. The topological polar surface area (TPSA) is 0 Å². The van der Waals surface area contributed by atoms with Crippen LogP contribution in [0.15, 0.2) is 146 Å². The van der Waals surface area contributed by atoms with Crippen LogP contribution in [-0.2, 0) is 10.8 Å². The summed E-state index contributed by atoms with van der Waals surface area (Å²) in [6.07, 6.45) is 0. The standard InChI is InChI=1S/C56H56/c1-35-11-19-39(20-12-35)51(40-21-13-36(2)14-22-40)53-47-29-27-45(55(5,6)7)31-43(47)34-50-49(53)33-44-32-46(56(8,9)10)28-30-48(44)54(50)52(41-23-15-37(3)16-24-41)42-25-17-38(4)18-26-42/h11-34,51-52H,1-10H3. The first kappa shape index (κ1) is 37.5. The lowest BCUT2D eigenvalue weighted by Gasteiger charge is -2.29. The van der Waals surface area contributed by atoms with Gasteiger partial charge in [-0.15, -0.1) is 0 Å². The van der Waals surface area contributed by atoms with Gasteiger partial charge in [-0.2, -0.15) is 0 Å². The number of aryl methyl sites for hydroxylation is 4. The molecule has 8 rings (SSSR count). The lowest BCUT2D eigenvalue weighted by molar-refractivity contribution is 0.591. The summed E-state index contributed by atoms with van der Waals surface area (Å²) in [6, 6.07) is 56.7. The zero-order valence-corrected chi connectivity index (χ0v) is 35.0. The first-order valence-corrected chi connectivity index (χ1v) is 20.4. The Morgan fingerprint density at radius 1 is 0.304 bits per heavy atom. The van der Waals surface area contributed by atoms with Crippen LogP contribution in [0.3, 0.4) is 0 Å². The summed E-state index contributed by atoms with van der Waals surface area (Å²) in [5, 5.41) is 7.87. The third kappa shape index (κ3) is 7.07. The van der Waals surface area contributed by atoms with Gasteiger partial charge in [-0.25, -0.2) is 0 Å². The maximum atomic E-state index is 2.53. The molecule has 0 saturated heterocycles. The molecular weight excluding hydrogens is 673 g/mol. The van der Waals surface area contributed by atoms with E-state index in [1.54, 1.807) is 0 Å². The smallest absolute Gasteiger partial charge is 0.0352 e. The molecule has 56 heavy (non-hydrogen) atoms. The van der Waals surface area contributed by atoms with Crippen molar-refractivity contribution in [2.45, 2.75) is 91.9 Å². The molecule has 0 heteroatoms. The number of benzene rings is 8. The molecule has 0 aliphatic rings. The minimum absolute atomic E-state index is 0.0124. The molecule has 0 radical (unpaired) electrons. The van der Waals surface area contributed by atoms with Crippen LogP contribution in [-0.4, -0.2) is 0 Å². The van der Waals surface area contributed by atoms with Gasteiger partial charge in [0.1, 0.15) is 0 Å². The highest BCUT2D eigenvalue weighted by atomic mass is 14.3. The highest BCUT2D eigenvalue weighted by Crippen LogP contribution is 2.48. The number of hydrogen-bond donors (Lipinski definition) is 0. The predicted molar refractivity (Wildman–Crippen MR) is 243 cm³/mol. The van der Waals surface area contributed by atoms with Crippen molar-refractivity contribution < 1.29 is 0 Å². The van der Waals surface area contributed by atoms with Gasteiger partial charge < -0.3 is 0 Å². The number of hydrogen-bond acceptors (Lipinski definition) is 0. The summed E-state index contributed by atoms with van der Waals surface area (Å²) in [5.41, 5.74) is 15.8. The molecule has 0 bridgehead atoms. The lowest BCUT2D eigenvalue weighted by Crippen LogP contribution is -2.12. The summed E-state index contributed by atoms with van der Waals surface area (Å²) in [4.78, 5) is 0. The summed E-state index contributed by atoms with van der Waals surface area (Å²) in [6.45, 7) is 22.7. The van der Waals surface area contributed by atoms with Crippen molar-refractivity contribution >= 4 is 32.3 Å². The molecule has 0 fully saturated rings. The van der Waals surface area contributed by atoms with E-state index in [-0.39, 0.29) is 22.7 Å². The van der Waals surface area contributed by atoms with Crippen molar-refractivity contribution in [1.82, 2.24) is 0 Å². The molecule has 0 aliphatic carbocycles. The van der Waals surface area contributed by atoms with Gasteiger partial charge in [0.15, 0.2) is 0 Å². The van der Waals surface area contributed by atoms with Crippen LogP contribution in [0.2, 0.25) is 0 Å². The Balaban J connectivity index is 1.61. The summed E-state index contributed by atoms with van der Waals surface area (Å²) >= 11 is 0. The maximum absolute atomic E-state index is 2.53. The fraction of sp³-hybridized carbons (Fsp3) is 0.250. The Bertz CT molecular complexity index is 2410. The molecule has 280 valence electrons. The predicted octanol–water partition coefficient (Wildman–Crippen LogP) is 15.3. The van der Waals surface area contributed by atoms with Gasteiger partial charge in [-0.05, 0) is 127 Å². The Kier molecular flexibility index (Phi) is 9.53. The van der Waals surface area contributed by atoms with E-state index in [2.05, 4.69) is 215 Å². The SMILES string of the molecule is Cc1ccc(C(c2ccc(C)cc2)c2c3ccc(C(C)(C)C)cc3cc3c(C(c4ccc(C)cc4)c4ccc(C)cc4)c4ccc(C(C)(C)C)cc4cc23)cc1. The minimum atomic E-state index is 0.0124. The van der Waals surface area contributed by atoms with E-state index in [1.807, 2.05) is 0 Å². The molecule has 0 unspecified atom stereocenters. The Morgan fingerprint density at radius 3 is 0.821 bits per heavy atom. The third-order valence-electron chi connectivity index (χ3n) is 12.1. The summed E-state index contributed by atoms with van der Waals surface area (Å²) in [7, 11) is 0. The van der Waals surface area contributed by atoms with Crippen molar-refractivity contribution in [2.24, 2.45) is 0 Å². The van der Waals surface area contributed by atoms with Crippen molar-refractivity contribution in [2.75, 3.05) is 0 Å². The third-order valence-corrected chi connectivity index (χ3v) is 12.1. The average molecular weight is 729 g/mol. The lowest BCUT2D eigenvalue weighted by atomic mass is 9.74. The van der Waals surface area contributed by atoms with Crippen LogP contribution < -0.4 is 0 Å². The summed E-state index contributed by atoms with van der Waals surface area (Å²) in [5.74, 6) is 0.0485. The second kappa shape index (κ2) is 14.2. The molecule has 0 spiro atoms. The summed E-state index contributed by atoms with van der Waals surface area (Å²) < 4.78 is 0. The van der Waals surface area contributed by atoms with Gasteiger partial charge in [-0.3, -0.25) is 0 Å². The molecular formula is C56H56. The molecule has 8 aromatic carbocycles. The van der Waals surface area contributed by atoms with Gasteiger partial charge in [-0.1, -0.05) is 197 Å². The molecule has 0 saturated carbocycles. The van der Waals surface area contributed by atoms with Crippen molar-refractivity contribution in [3.05, 3.63) is 212 Å². The number of rotatable bonds is 6. The van der Waals surface area contributed by atoms with Crippen molar-refractivity contribution in [3.8, 4) is 0 Å². The van der Waals surface area contributed by atoms with Gasteiger partial charge in [0, 0.05) is 11.8 Å². The van der Waals surface area contributed by atoms with Gasteiger partial charge >= 0.3 is 0 Å². The van der Waals surface area contributed by atoms with E-state index in [1.165, 1.54) is 99.1 Å². The van der Waals surface area contributed by atoms with E-state index in [4.69, 9.17) is 0 Å². The van der Waals surface area contributed by atoms with E-state index >= 15 is 0 Å². The quantitative estimate of drug-likeness (QED) is 0.118. The molecule has 0 aliphatic heterocycles. The second-order valence-corrected chi connectivity index (χ2v) is 18.6. The van der Waals surface area contributed by atoms with Crippen molar-refractivity contribution in [1.29, 1.82) is 0 Å². The maximum Gasteiger partial charge on any atom is 0.0352 e.